The Balaban J connectivity index is 2.17. The van der Waals surface area contributed by atoms with Crippen LogP contribution in [0, 0.1) is 0 Å². The lowest BCUT2D eigenvalue weighted by atomic mass is 10.1. The number of hydrogen-bond donors (Lipinski definition) is 1. The highest BCUT2D eigenvalue weighted by molar-refractivity contribution is 9.10. The van der Waals surface area contributed by atoms with Crippen molar-refractivity contribution in [3.63, 3.8) is 0 Å². The van der Waals surface area contributed by atoms with Crippen molar-refractivity contribution in [1.29, 1.82) is 0 Å². The third-order valence-electron chi connectivity index (χ3n) is 2.76. The van der Waals surface area contributed by atoms with Gasteiger partial charge in [-0.1, -0.05) is 35.0 Å². The molecule has 0 spiro atoms. The molecule has 0 heterocycles. The van der Waals surface area contributed by atoms with Gasteiger partial charge in [-0.2, -0.15) is 0 Å². The normalized spacial score (nSPS) is 12.7. The van der Waals surface area contributed by atoms with E-state index in [1.165, 1.54) is 31.2 Å². The lowest BCUT2D eigenvalue weighted by Crippen LogP contribution is -2.26. The van der Waals surface area contributed by atoms with Crippen molar-refractivity contribution in [1.82, 2.24) is 5.32 Å². The summed E-state index contributed by atoms with van der Waals surface area (Å²) in [5, 5.41) is 3.52. The van der Waals surface area contributed by atoms with Gasteiger partial charge in [0.15, 0.2) is 0 Å². The van der Waals surface area contributed by atoms with Crippen LogP contribution < -0.4 is 5.32 Å². The second-order valence-corrected chi connectivity index (χ2v) is 5.29. The molecule has 0 aliphatic heterocycles. The van der Waals surface area contributed by atoms with Crippen molar-refractivity contribution in [2.75, 3.05) is 6.54 Å². The summed E-state index contributed by atoms with van der Waals surface area (Å²) < 4.78 is 1.16. The van der Waals surface area contributed by atoms with Crippen LogP contribution in [-0.2, 0) is 6.42 Å². The molecule has 0 saturated heterocycles. The molecule has 90 valence electrons. The zero-order valence-corrected chi connectivity index (χ0v) is 11.9. The average molecular weight is 284 g/mol. The molecular formula is C14H22BrN. The Bertz CT molecular complexity index is 281. The first kappa shape index (κ1) is 13.7. The topological polar surface area (TPSA) is 12.0 Å². The number of rotatable bonds is 7. The molecular weight excluding hydrogens is 262 g/mol. The Hall–Kier alpha value is -0.340. The Kier molecular flexibility index (Phi) is 6.74. The maximum Gasteiger partial charge on any atom is 0.0175 e. The molecule has 1 aromatic carbocycles. The van der Waals surface area contributed by atoms with Crippen LogP contribution in [0.1, 0.15) is 38.7 Å². The van der Waals surface area contributed by atoms with E-state index in [1.807, 2.05) is 0 Å². The molecule has 0 fully saturated rings. The molecule has 0 aliphatic rings. The van der Waals surface area contributed by atoms with Crippen LogP contribution in [0.25, 0.3) is 0 Å². The van der Waals surface area contributed by atoms with Gasteiger partial charge in [0.1, 0.15) is 0 Å². The quantitative estimate of drug-likeness (QED) is 0.792. The van der Waals surface area contributed by atoms with Gasteiger partial charge >= 0.3 is 0 Å². The van der Waals surface area contributed by atoms with Crippen LogP contribution in [0.5, 0.6) is 0 Å². The highest BCUT2D eigenvalue weighted by atomic mass is 79.9. The summed E-state index contributed by atoms with van der Waals surface area (Å²) in [4.78, 5) is 0. The summed E-state index contributed by atoms with van der Waals surface area (Å²) >= 11 is 3.46. The van der Waals surface area contributed by atoms with Gasteiger partial charge in [0.05, 0.1) is 0 Å². The monoisotopic (exact) mass is 283 g/mol. The summed E-state index contributed by atoms with van der Waals surface area (Å²) in [5.74, 6) is 0. The van der Waals surface area contributed by atoms with Gasteiger partial charge in [-0.3, -0.25) is 0 Å². The van der Waals surface area contributed by atoms with Crippen molar-refractivity contribution < 1.29 is 0 Å². The second kappa shape index (κ2) is 7.86. The third kappa shape index (κ3) is 5.66. The van der Waals surface area contributed by atoms with E-state index in [0.717, 1.165) is 11.0 Å². The van der Waals surface area contributed by atoms with Crippen molar-refractivity contribution in [3.8, 4) is 0 Å². The number of nitrogens with one attached hydrogen (secondary N) is 1. The van der Waals surface area contributed by atoms with Crippen LogP contribution >= 0.6 is 15.9 Å². The molecule has 2 heteroatoms. The molecule has 0 aromatic heterocycles. The van der Waals surface area contributed by atoms with Crippen molar-refractivity contribution in [2.45, 2.75) is 45.6 Å². The van der Waals surface area contributed by atoms with E-state index in [-0.39, 0.29) is 0 Å². The largest absolute Gasteiger partial charge is 0.314 e. The molecule has 1 unspecified atom stereocenters. The molecule has 0 radical (unpaired) electrons. The fraction of sp³-hybridized carbons (Fsp3) is 0.571. The maximum atomic E-state index is 3.52. The van der Waals surface area contributed by atoms with E-state index in [1.54, 1.807) is 0 Å². The molecule has 0 amide bonds. The van der Waals surface area contributed by atoms with E-state index in [9.17, 15) is 0 Å². The fourth-order valence-corrected chi connectivity index (χ4v) is 2.02. The van der Waals surface area contributed by atoms with Gasteiger partial charge in [-0.25, -0.2) is 0 Å². The van der Waals surface area contributed by atoms with Crippen molar-refractivity contribution in [3.05, 3.63) is 34.3 Å². The van der Waals surface area contributed by atoms with Gasteiger partial charge in [0, 0.05) is 10.5 Å². The first-order valence-electron chi connectivity index (χ1n) is 6.20. The van der Waals surface area contributed by atoms with Crippen LogP contribution in [0.2, 0.25) is 0 Å². The van der Waals surface area contributed by atoms with Gasteiger partial charge in [-0.15, -0.1) is 0 Å². The molecule has 0 bridgehead atoms. The van der Waals surface area contributed by atoms with Crippen molar-refractivity contribution in [2.24, 2.45) is 0 Å². The lowest BCUT2D eigenvalue weighted by Gasteiger charge is -2.12. The summed E-state index contributed by atoms with van der Waals surface area (Å²) in [6, 6.07) is 9.29. The first-order chi connectivity index (χ1) is 7.72. The van der Waals surface area contributed by atoms with E-state index in [2.05, 4.69) is 59.4 Å². The summed E-state index contributed by atoms with van der Waals surface area (Å²) in [6.07, 6.45) is 4.93. The highest BCUT2D eigenvalue weighted by Gasteiger charge is 2.00. The van der Waals surface area contributed by atoms with E-state index in [0.29, 0.717) is 6.04 Å². The molecule has 1 N–H and O–H groups in total. The summed E-state index contributed by atoms with van der Waals surface area (Å²) in [7, 11) is 0. The minimum atomic E-state index is 0.649. The molecule has 0 saturated carbocycles. The summed E-state index contributed by atoms with van der Waals surface area (Å²) in [5.41, 5.74) is 1.44. The van der Waals surface area contributed by atoms with Gasteiger partial charge in [0.2, 0.25) is 0 Å². The standard InChI is InChI=1S/C14H22BrN/c1-3-11-16-12(2)5-4-6-13-7-9-14(15)10-8-13/h7-10,12,16H,3-6,11H2,1-2H3. The number of halogens is 1. The van der Waals surface area contributed by atoms with Crippen LogP contribution in [0.3, 0.4) is 0 Å². The predicted octanol–water partition coefficient (Wildman–Crippen LogP) is 4.16. The predicted molar refractivity (Wildman–Crippen MR) is 74.8 cm³/mol. The minimum absolute atomic E-state index is 0.649. The molecule has 1 atom stereocenters. The van der Waals surface area contributed by atoms with Gasteiger partial charge in [-0.05, 0) is 56.8 Å². The zero-order valence-electron chi connectivity index (χ0n) is 10.3. The van der Waals surface area contributed by atoms with Gasteiger partial charge in [0.25, 0.3) is 0 Å². The van der Waals surface area contributed by atoms with E-state index >= 15 is 0 Å². The average Bonchev–Trinajstić information content (AvgIpc) is 2.29. The Morgan fingerprint density at radius 2 is 1.94 bits per heavy atom. The van der Waals surface area contributed by atoms with Crippen molar-refractivity contribution >= 4 is 15.9 Å². The Morgan fingerprint density at radius 1 is 1.25 bits per heavy atom. The minimum Gasteiger partial charge on any atom is -0.314 e. The van der Waals surface area contributed by atoms with Crippen LogP contribution in [-0.4, -0.2) is 12.6 Å². The first-order valence-corrected chi connectivity index (χ1v) is 6.99. The smallest absolute Gasteiger partial charge is 0.0175 e. The Morgan fingerprint density at radius 3 is 2.56 bits per heavy atom. The zero-order chi connectivity index (χ0) is 11.8. The molecule has 1 rings (SSSR count). The molecule has 0 aliphatic carbocycles. The second-order valence-electron chi connectivity index (χ2n) is 4.37. The van der Waals surface area contributed by atoms with Crippen LogP contribution in [0.4, 0.5) is 0 Å². The maximum absolute atomic E-state index is 3.52. The number of benzene rings is 1. The lowest BCUT2D eigenvalue weighted by molar-refractivity contribution is 0.498. The SMILES string of the molecule is CCCNC(C)CCCc1ccc(Br)cc1. The van der Waals surface area contributed by atoms with E-state index in [4.69, 9.17) is 0 Å². The number of hydrogen-bond acceptors (Lipinski definition) is 1. The number of aryl methyl sites for hydroxylation is 1. The van der Waals surface area contributed by atoms with E-state index < -0.39 is 0 Å². The molecule has 16 heavy (non-hydrogen) atoms. The third-order valence-corrected chi connectivity index (χ3v) is 3.29. The summed E-state index contributed by atoms with van der Waals surface area (Å²) in [6.45, 7) is 5.62. The molecule has 1 aromatic rings. The molecule has 1 nitrogen and oxygen atoms in total. The Labute approximate surface area is 108 Å². The fourth-order valence-electron chi connectivity index (χ4n) is 1.76. The van der Waals surface area contributed by atoms with Crippen LogP contribution in [0.15, 0.2) is 28.7 Å². The van der Waals surface area contributed by atoms with Gasteiger partial charge < -0.3 is 5.32 Å². The highest BCUT2D eigenvalue weighted by Crippen LogP contribution is 2.12.